The van der Waals surface area contributed by atoms with Gasteiger partial charge in [-0.15, -0.1) is 11.3 Å². The molecule has 2 aromatic rings. The van der Waals surface area contributed by atoms with Crippen LogP contribution in [0.25, 0.3) is 0 Å². The predicted octanol–water partition coefficient (Wildman–Crippen LogP) is 4.68. The molecule has 0 amide bonds. The Morgan fingerprint density at radius 3 is 2.74 bits per heavy atom. The van der Waals surface area contributed by atoms with E-state index in [9.17, 15) is 4.39 Å². The van der Waals surface area contributed by atoms with Crippen molar-refractivity contribution in [2.75, 3.05) is 7.05 Å². The van der Waals surface area contributed by atoms with Crippen LogP contribution in [0.1, 0.15) is 10.4 Å². The Labute approximate surface area is 129 Å². The van der Waals surface area contributed by atoms with Crippen LogP contribution in [0.2, 0.25) is 5.02 Å². The monoisotopic (exact) mass is 361 g/mol. The highest BCUT2D eigenvalue weighted by Crippen LogP contribution is 2.23. The summed E-state index contributed by atoms with van der Waals surface area (Å²) < 4.78 is 14.1. The van der Waals surface area contributed by atoms with Crippen LogP contribution in [0.5, 0.6) is 0 Å². The van der Waals surface area contributed by atoms with Crippen molar-refractivity contribution in [2.24, 2.45) is 0 Å². The van der Waals surface area contributed by atoms with Crippen LogP contribution in [-0.2, 0) is 12.8 Å². The fourth-order valence-electron chi connectivity index (χ4n) is 1.93. The van der Waals surface area contributed by atoms with Crippen molar-refractivity contribution in [3.05, 3.63) is 55.4 Å². The summed E-state index contributed by atoms with van der Waals surface area (Å²) in [5, 5.41) is 5.86. The zero-order chi connectivity index (χ0) is 13.8. The van der Waals surface area contributed by atoms with Crippen molar-refractivity contribution in [1.82, 2.24) is 5.32 Å². The van der Waals surface area contributed by atoms with Gasteiger partial charge in [0.25, 0.3) is 0 Å². The van der Waals surface area contributed by atoms with Gasteiger partial charge in [-0.05, 0) is 59.6 Å². The molecule has 1 aromatic carbocycles. The van der Waals surface area contributed by atoms with E-state index < -0.39 is 0 Å². The number of benzene rings is 1. The van der Waals surface area contributed by atoms with Gasteiger partial charge >= 0.3 is 0 Å². The first-order chi connectivity index (χ1) is 9.08. The lowest BCUT2D eigenvalue weighted by molar-refractivity contribution is 0.559. The standard InChI is InChI=1S/C14H14BrClFNS/c1-18-12(7-13-5-10(15)8-19-13)4-9-2-3-11(17)6-14(9)16/h2-3,5-6,8,12,18H,4,7H2,1H3. The van der Waals surface area contributed by atoms with Crippen molar-refractivity contribution in [1.29, 1.82) is 0 Å². The van der Waals surface area contributed by atoms with Gasteiger partial charge < -0.3 is 5.32 Å². The molecule has 0 aliphatic rings. The molecule has 2 rings (SSSR count). The van der Waals surface area contributed by atoms with Crippen molar-refractivity contribution in [3.8, 4) is 0 Å². The van der Waals surface area contributed by atoms with E-state index in [1.807, 2.05) is 7.05 Å². The zero-order valence-electron chi connectivity index (χ0n) is 10.4. The maximum Gasteiger partial charge on any atom is 0.124 e. The minimum atomic E-state index is -0.294. The highest BCUT2D eigenvalue weighted by Gasteiger charge is 2.12. The number of halogens is 3. The average Bonchev–Trinajstić information content (AvgIpc) is 2.77. The first kappa shape index (κ1) is 15.0. The summed E-state index contributed by atoms with van der Waals surface area (Å²) in [7, 11) is 1.94. The minimum Gasteiger partial charge on any atom is -0.316 e. The summed E-state index contributed by atoms with van der Waals surface area (Å²) in [6.07, 6.45) is 1.71. The zero-order valence-corrected chi connectivity index (χ0v) is 13.6. The number of thiophene rings is 1. The Morgan fingerprint density at radius 1 is 1.37 bits per heavy atom. The van der Waals surface area contributed by atoms with Crippen molar-refractivity contribution >= 4 is 38.9 Å². The minimum absolute atomic E-state index is 0.286. The molecule has 1 N–H and O–H groups in total. The van der Waals surface area contributed by atoms with Crippen LogP contribution in [0.4, 0.5) is 4.39 Å². The van der Waals surface area contributed by atoms with E-state index in [2.05, 4.69) is 32.7 Å². The Bertz CT molecular complexity index is 558. The van der Waals surface area contributed by atoms with E-state index in [1.54, 1.807) is 17.4 Å². The quantitative estimate of drug-likeness (QED) is 0.814. The first-order valence-electron chi connectivity index (χ1n) is 5.92. The molecule has 0 aliphatic heterocycles. The summed E-state index contributed by atoms with van der Waals surface area (Å²) in [4.78, 5) is 1.31. The molecule has 1 heterocycles. The number of rotatable bonds is 5. The largest absolute Gasteiger partial charge is 0.316 e. The number of hydrogen-bond donors (Lipinski definition) is 1. The summed E-state index contributed by atoms with van der Waals surface area (Å²) >= 11 is 11.3. The summed E-state index contributed by atoms with van der Waals surface area (Å²) in [5.41, 5.74) is 0.970. The van der Waals surface area contributed by atoms with Gasteiger partial charge in [-0.25, -0.2) is 4.39 Å². The molecule has 1 nitrogen and oxygen atoms in total. The third kappa shape index (κ3) is 4.28. The lowest BCUT2D eigenvalue weighted by Gasteiger charge is -2.16. The molecule has 1 unspecified atom stereocenters. The highest BCUT2D eigenvalue weighted by atomic mass is 79.9. The number of hydrogen-bond acceptors (Lipinski definition) is 2. The summed E-state index contributed by atoms with van der Waals surface area (Å²) in [6, 6.07) is 6.99. The maximum atomic E-state index is 13.0. The third-order valence-electron chi connectivity index (χ3n) is 2.96. The highest BCUT2D eigenvalue weighted by molar-refractivity contribution is 9.10. The summed E-state index contributed by atoms with van der Waals surface area (Å²) in [6.45, 7) is 0. The Morgan fingerprint density at radius 2 is 2.16 bits per heavy atom. The normalized spacial score (nSPS) is 12.6. The molecule has 0 radical (unpaired) electrons. The molecule has 0 aliphatic carbocycles. The fraction of sp³-hybridized carbons (Fsp3) is 0.286. The third-order valence-corrected chi connectivity index (χ3v) is 5.03. The molecule has 0 saturated heterocycles. The van der Waals surface area contributed by atoms with Gasteiger partial charge in [0.1, 0.15) is 5.82 Å². The average molecular weight is 363 g/mol. The smallest absolute Gasteiger partial charge is 0.124 e. The number of likely N-dealkylation sites (N-methyl/N-ethyl adjacent to an activating group) is 1. The van der Waals surface area contributed by atoms with Crippen LogP contribution in [0.15, 0.2) is 34.1 Å². The van der Waals surface area contributed by atoms with Crippen LogP contribution < -0.4 is 5.32 Å². The molecule has 0 saturated carbocycles. The van der Waals surface area contributed by atoms with E-state index in [1.165, 1.54) is 17.0 Å². The molecule has 1 aromatic heterocycles. The molecule has 102 valence electrons. The van der Waals surface area contributed by atoms with Crippen LogP contribution in [0.3, 0.4) is 0 Å². The Balaban J connectivity index is 2.06. The molecule has 19 heavy (non-hydrogen) atoms. The van der Waals surface area contributed by atoms with Crippen molar-refractivity contribution < 1.29 is 4.39 Å². The van der Waals surface area contributed by atoms with E-state index in [0.29, 0.717) is 5.02 Å². The molecule has 0 fully saturated rings. The van der Waals surface area contributed by atoms with E-state index in [0.717, 1.165) is 22.9 Å². The van der Waals surface area contributed by atoms with Gasteiger partial charge in [0.05, 0.1) is 0 Å². The Hall–Kier alpha value is -0.420. The Kier molecular flexibility index (Phi) is 5.39. The van der Waals surface area contributed by atoms with Crippen molar-refractivity contribution in [3.63, 3.8) is 0 Å². The lowest BCUT2D eigenvalue weighted by Crippen LogP contribution is -2.29. The van der Waals surface area contributed by atoms with Gasteiger partial charge in [-0.2, -0.15) is 0 Å². The van der Waals surface area contributed by atoms with Crippen molar-refractivity contribution in [2.45, 2.75) is 18.9 Å². The second-order valence-electron chi connectivity index (χ2n) is 4.36. The lowest BCUT2D eigenvalue weighted by atomic mass is 10.0. The SMILES string of the molecule is CNC(Cc1cc(Br)cs1)Cc1ccc(F)cc1Cl. The molecular formula is C14H14BrClFNS. The van der Waals surface area contributed by atoms with Gasteiger partial charge in [0.15, 0.2) is 0 Å². The van der Waals surface area contributed by atoms with E-state index in [-0.39, 0.29) is 11.9 Å². The number of nitrogens with one attached hydrogen (secondary N) is 1. The first-order valence-corrected chi connectivity index (χ1v) is 7.97. The second kappa shape index (κ2) is 6.84. The summed E-state index contributed by atoms with van der Waals surface area (Å²) in [5.74, 6) is -0.294. The van der Waals surface area contributed by atoms with Gasteiger partial charge in [-0.3, -0.25) is 0 Å². The van der Waals surface area contributed by atoms with E-state index >= 15 is 0 Å². The van der Waals surface area contributed by atoms with Crippen LogP contribution >= 0.6 is 38.9 Å². The van der Waals surface area contributed by atoms with Gasteiger partial charge in [0, 0.05) is 25.8 Å². The fourth-order valence-corrected chi connectivity index (χ4v) is 3.71. The molecule has 1 atom stereocenters. The van der Waals surface area contributed by atoms with Gasteiger partial charge in [-0.1, -0.05) is 17.7 Å². The second-order valence-corrected chi connectivity index (χ2v) is 6.68. The van der Waals surface area contributed by atoms with E-state index in [4.69, 9.17) is 11.6 Å². The van der Waals surface area contributed by atoms with Crippen LogP contribution in [0, 0.1) is 5.82 Å². The predicted molar refractivity (Wildman–Crippen MR) is 83.7 cm³/mol. The molecule has 0 bridgehead atoms. The molecule has 5 heteroatoms. The molecule has 0 spiro atoms. The maximum absolute atomic E-state index is 13.0. The van der Waals surface area contributed by atoms with Crippen LogP contribution in [-0.4, -0.2) is 13.1 Å². The molecular weight excluding hydrogens is 349 g/mol. The van der Waals surface area contributed by atoms with Gasteiger partial charge in [0.2, 0.25) is 0 Å². The topological polar surface area (TPSA) is 12.0 Å².